The van der Waals surface area contributed by atoms with Gasteiger partial charge in [-0.1, -0.05) is 42.0 Å². The highest BCUT2D eigenvalue weighted by Crippen LogP contribution is 2.49. The lowest BCUT2D eigenvalue weighted by atomic mass is 9.83. The van der Waals surface area contributed by atoms with Crippen LogP contribution < -0.4 is 0 Å². The largest absolute Gasteiger partial charge is 0.396 e. The molecule has 1 aromatic carbocycles. The van der Waals surface area contributed by atoms with Crippen LogP contribution in [0, 0.1) is 11.8 Å². The summed E-state index contributed by atoms with van der Waals surface area (Å²) in [6, 6.07) is 10.5. The Morgan fingerprint density at radius 2 is 2.03 bits per heavy atom. The van der Waals surface area contributed by atoms with E-state index in [4.69, 9.17) is 4.74 Å². The van der Waals surface area contributed by atoms with Crippen molar-refractivity contribution in [3.63, 3.8) is 0 Å². The molecule has 1 N–H and O–H groups in total. The van der Waals surface area contributed by atoms with Gasteiger partial charge in [-0.3, -0.25) is 9.80 Å². The molecule has 6 nitrogen and oxygen atoms in total. The van der Waals surface area contributed by atoms with Crippen molar-refractivity contribution in [1.29, 1.82) is 0 Å². The van der Waals surface area contributed by atoms with E-state index in [1.165, 1.54) is 11.1 Å². The van der Waals surface area contributed by atoms with E-state index in [0.717, 1.165) is 45.1 Å². The van der Waals surface area contributed by atoms with E-state index in [1.807, 2.05) is 19.4 Å². The lowest BCUT2D eigenvalue weighted by Gasteiger charge is -2.40. The Labute approximate surface area is 178 Å². The number of imidazole rings is 1. The number of ether oxygens (including phenoxy) is 1. The Bertz CT molecular complexity index is 911. The predicted molar refractivity (Wildman–Crippen MR) is 117 cm³/mol. The third kappa shape index (κ3) is 3.62. The van der Waals surface area contributed by atoms with E-state index in [2.05, 4.69) is 62.7 Å². The van der Waals surface area contributed by atoms with Gasteiger partial charge in [0.15, 0.2) is 0 Å². The summed E-state index contributed by atoms with van der Waals surface area (Å²) in [4.78, 5) is 9.50. The van der Waals surface area contributed by atoms with Gasteiger partial charge in [-0.05, 0) is 12.5 Å². The fourth-order valence-electron chi connectivity index (χ4n) is 5.84. The Hall–Kier alpha value is -1.99. The topological polar surface area (TPSA) is 53.8 Å². The monoisotopic (exact) mass is 408 g/mol. The first-order valence-corrected chi connectivity index (χ1v) is 11.0. The molecule has 0 unspecified atom stereocenters. The fraction of sp³-hybridized carbons (Fsp3) is 0.542. The van der Waals surface area contributed by atoms with Crippen molar-refractivity contribution in [1.82, 2.24) is 19.4 Å². The first-order chi connectivity index (χ1) is 14.6. The molecule has 2 bridgehead atoms. The van der Waals surface area contributed by atoms with Crippen LogP contribution in [0.4, 0.5) is 0 Å². The zero-order chi connectivity index (χ0) is 20.7. The molecule has 0 radical (unpaired) electrons. The molecule has 5 rings (SSSR count). The third-order valence-corrected chi connectivity index (χ3v) is 7.11. The first-order valence-electron chi connectivity index (χ1n) is 11.0. The molecule has 0 amide bonds. The van der Waals surface area contributed by atoms with Crippen molar-refractivity contribution in [2.75, 3.05) is 39.3 Å². The normalized spacial score (nSPS) is 32.0. The number of hydrogen-bond donors (Lipinski definition) is 1. The molecule has 0 aliphatic carbocycles. The van der Waals surface area contributed by atoms with Crippen molar-refractivity contribution in [3.8, 4) is 0 Å². The molecule has 4 atom stereocenters. The maximum absolute atomic E-state index is 10.2. The molecule has 1 spiro atoms. The van der Waals surface area contributed by atoms with Crippen LogP contribution in [0.3, 0.4) is 0 Å². The average molecular weight is 409 g/mol. The molecule has 30 heavy (non-hydrogen) atoms. The Kier molecular flexibility index (Phi) is 5.27. The van der Waals surface area contributed by atoms with Crippen LogP contribution in [0.25, 0.3) is 6.08 Å². The summed E-state index contributed by atoms with van der Waals surface area (Å²) >= 11 is 0. The first kappa shape index (κ1) is 19.9. The molecule has 6 heteroatoms. The summed E-state index contributed by atoms with van der Waals surface area (Å²) in [6.07, 6.45) is 6.27. The number of morpholine rings is 1. The maximum atomic E-state index is 10.2. The minimum Gasteiger partial charge on any atom is -0.396 e. The lowest BCUT2D eigenvalue weighted by molar-refractivity contribution is -0.115. The van der Waals surface area contributed by atoms with Gasteiger partial charge in [-0.2, -0.15) is 0 Å². The summed E-state index contributed by atoms with van der Waals surface area (Å²) in [5.41, 5.74) is 2.44. The van der Waals surface area contributed by atoms with Crippen LogP contribution in [0.15, 0.2) is 48.3 Å². The van der Waals surface area contributed by atoms with Gasteiger partial charge >= 0.3 is 0 Å². The fourth-order valence-corrected chi connectivity index (χ4v) is 5.84. The van der Waals surface area contributed by atoms with Crippen LogP contribution in [0.1, 0.15) is 18.3 Å². The van der Waals surface area contributed by atoms with E-state index in [1.54, 1.807) is 0 Å². The van der Waals surface area contributed by atoms with Crippen LogP contribution in [0.5, 0.6) is 0 Å². The quantitative estimate of drug-likeness (QED) is 0.793. The van der Waals surface area contributed by atoms with E-state index in [0.29, 0.717) is 5.92 Å². The summed E-state index contributed by atoms with van der Waals surface area (Å²) < 4.78 is 8.72. The van der Waals surface area contributed by atoms with Gasteiger partial charge in [-0.15, -0.1) is 0 Å². The number of benzene rings is 1. The molecular formula is C24H32N4O2. The second-order valence-electron chi connectivity index (χ2n) is 9.37. The third-order valence-electron chi connectivity index (χ3n) is 7.11. The second-order valence-corrected chi connectivity index (χ2v) is 9.37. The highest BCUT2D eigenvalue weighted by Gasteiger charge is 2.62. The molecule has 0 saturated carbocycles. The van der Waals surface area contributed by atoms with Gasteiger partial charge in [0, 0.05) is 70.6 Å². The highest BCUT2D eigenvalue weighted by molar-refractivity contribution is 5.52. The number of aromatic nitrogens is 2. The van der Waals surface area contributed by atoms with Gasteiger partial charge < -0.3 is 14.4 Å². The minimum atomic E-state index is -0.172. The van der Waals surface area contributed by atoms with Crippen molar-refractivity contribution < 1.29 is 9.84 Å². The number of rotatable bonds is 6. The summed E-state index contributed by atoms with van der Waals surface area (Å²) in [7, 11) is 2.05. The summed E-state index contributed by atoms with van der Waals surface area (Å²) in [5, 5.41) is 10.2. The van der Waals surface area contributed by atoms with Crippen LogP contribution in [-0.4, -0.2) is 75.5 Å². The number of aryl methyl sites for hydroxylation is 1. The molecule has 3 fully saturated rings. The molecule has 2 aromatic rings. The Morgan fingerprint density at radius 3 is 2.77 bits per heavy atom. The number of likely N-dealkylation sites (tertiary alicyclic amines) is 2. The Morgan fingerprint density at radius 1 is 1.23 bits per heavy atom. The van der Waals surface area contributed by atoms with Crippen molar-refractivity contribution in [2.24, 2.45) is 18.9 Å². The Balaban J connectivity index is 1.31. The van der Waals surface area contributed by atoms with Crippen molar-refractivity contribution in [3.05, 3.63) is 59.7 Å². The number of fused-ring (bicyclic) bond motifs is 1. The van der Waals surface area contributed by atoms with E-state index in [-0.39, 0.29) is 24.2 Å². The molecule has 4 heterocycles. The lowest BCUT2D eigenvalue weighted by Crippen LogP contribution is -2.54. The van der Waals surface area contributed by atoms with Gasteiger partial charge in [-0.25, -0.2) is 4.98 Å². The van der Waals surface area contributed by atoms with Crippen molar-refractivity contribution in [2.45, 2.75) is 25.2 Å². The zero-order valence-corrected chi connectivity index (χ0v) is 17.9. The number of aliphatic hydroxyl groups excluding tert-OH is 1. The zero-order valence-electron chi connectivity index (χ0n) is 17.9. The van der Waals surface area contributed by atoms with Crippen molar-refractivity contribution >= 4 is 6.08 Å². The maximum Gasteiger partial charge on any atom is 0.122 e. The van der Waals surface area contributed by atoms with Gasteiger partial charge in [0.1, 0.15) is 5.82 Å². The predicted octanol–water partition coefficient (Wildman–Crippen LogP) is 2.02. The second kappa shape index (κ2) is 7.93. The minimum absolute atomic E-state index is 0.133. The molecule has 160 valence electrons. The smallest absolute Gasteiger partial charge is 0.122 e. The highest BCUT2D eigenvalue weighted by atomic mass is 16.5. The van der Waals surface area contributed by atoms with Gasteiger partial charge in [0.25, 0.3) is 0 Å². The van der Waals surface area contributed by atoms with Gasteiger partial charge in [0.05, 0.1) is 18.2 Å². The molecule has 3 aliphatic heterocycles. The van der Waals surface area contributed by atoms with Gasteiger partial charge in [0.2, 0.25) is 0 Å². The van der Waals surface area contributed by atoms with Crippen LogP contribution in [0.2, 0.25) is 0 Å². The summed E-state index contributed by atoms with van der Waals surface area (Å²) in [6.45, 7) is 7.92. The number of aliphatic hydroxyl groups is 1. The van der Waals surface area contributed by atoms with E-state index >= 15 is 0 Å². The van der Waals surface area contributed by atoms with E-state index in [9.17, 15) is 5.11 Å². The van der Waals surface area contributed by atoms with E-state index < -0.39 is 0 Å². The standard InChI is InChI=1S/C24H32N4O2/c1-18(10-19-6-4-3-5-7-19)11-27-13-22-20(15-29)21-12-28(17-24(21,16-27)30-22)14-23-25-8-9-26(23)2/h3-10,20-22,29H,11-17H2,1-2H3/b18-10+/t20-,21+,22+,24+/m0/s1. The van der Waals surface area contributed by atoms with Crippen LogP contribution in [-0.2, 0) is 18.3 Å². The number of nitrogens with zero attached hydrogens (tertiary/aromatic N) is 4. The molecular weight excluding hydrogens is 376 g/mol. The molecule has 1 aromatic heterocycles. The van der Waals surface area contributed by atoms with Crippen LogP contribution >= 0.6 is 0 Å². The molecule has 3 saturated heterocycles. The average Bonchev–Trinajstić information content (AvgIpc) is 3.32. The number of hydrogen-bond acceptors (Lipinski definition) is 5. The molecule has 3 aliphatic rings. The summed E-state index contributed by atoms with van der Waals surface area (Å²) in [5.74, 6) is 1.69. The SMILES string of the molecule is C/C(=C\c1ccccc1)CN1C[C@H]2O[C@@]3(CN(Cc4nccn4C)C[C@@H]3[C@@H]2CO)C1.